The van der Waals surface area contributed by atoms with Crippen LogP contribution in [0, 0.1) is 5.92 Å². The molecule has 0 aromatic rings. The summed E-state index contributed by atoms with van der Waals surface area (Å²) in [6.07, 6.45) is 4.60. The molecule has 3 rings (SSSR count). The molecule has 2 amide bonds. The van der Waals surface area contributed by atoms with Crippen molar-refractivity contribution in [2.45, 2.75) is 76.7 Å². The van der Waals surface area contributed by atoms with Gasteiger partial charge in [0.15, 0.2) is 0 Å². The molecule has 1 saturated carbocycles. The number of nitrogens with zero attached hydrogens (tertiary/aromatic N) is 1. The summed E-state index contributed by atoms with van der Waals surface area (Å²) >= 11 is 0. The lowest BCUT2D eigenvalue weighted by Crippen LogP contribution is -2.50. The van der Waals surface area contributed by atoms with Crippen LogP contribution >= 0.6 is 0 Å². The molecule has 3 unspecified atom stereocenters. The van der Waals surface area contributed by atoms with E-state index in [1.807, 2.05) is 11.8 Å². The van der Waals surface area contributed by atoms with Crippen molar-refractivity contribution < 1.29 is 14.3 Å². The van der Waals surface area contributed by atoms with E-state index >= 15 is 0 Å². The molecule has 0 spiro atoms. The van der Waals surface area contributed by atoms with Gasteiger partial charge in [0.2, 0.25) is 11.8 Å². The molecule has 2 heterocycles. The van der Waals surface area contributed by atoms with Gasteiger partial charge in [0.25, 0.3) is 0 Å². The largest absolute Gasteiger partial charge is 0.371 e. The molecule has 1 N–H and O–H groups in total. The molecule has 21 heavy (non-hydrogen) atoms. The fraction of sp³-hybridized carbons (Fsp3) is 0.875. The fourth-order valence-electron chi connectivity index (χ4n) is 3.51. The number of hydrogen-bond acceptors (Lipinski definition) is 3. The smallest absolute Gasteiger partial charge is 0.245 e. The zero-order valence-electron chi connectivity index (χ0n) is 13.2. The first-order valence-corrected chi connectivity index (χ1v) is 8.13. The maximum atomic E-state index is 12.8. The Morgan fingerprint density at radius 1 is 1.29 bits per heavy atom. The van der Waals surface area contributed by atoms with E-state index in [0.717, 1.165) is 25.7 Å². The minimum absolute atomic E-state index is 0.00270. The highest BCUT2D eigenvalue weighted by atomic mass is 16.5. The second kappa shape index (κ2) is 5.27. The van der Waals surface area contributed by atoms with E-state index in [1.54, 1.807) is 0 Å². The summed E-state index contributed by atoms with van der Waals surface area (Å²) in [5.74, 6) is 0.433. The molecular formula is C16H26N2O3. The zero-order valence-corrected chi connectivity index (χ0v) is 13.2. The van der Waals surface area contributed by atoms with Crippen LogP contribution in [0.3, 0.4) is 0 Å². The standard InChI is InChI=1S/C16H26N2O3/c1-10-8-13(19)17-14(11-4-5-11)15(20)18(10)9-12-6-7-16(2,3)21-12/h10-12,14H,4-9H2,1-3H3,(H,17,19). The van der Waals surface area contributed by atoms with Crippen LogP contribution in [0.5, 0.6) is 0 Å². The summed E-state index contributed by atoms with van der Waals surface area (Å²) in [6.45, 7) is 6.77. The lowest BCUT2D eigenvalue weighted by atomic mass is 10.0. The van der Waals surface area contributed by atoms with E-state index in [-0.39, 0.29) is 35.6 Å². The average Bonchev–Trinajstić information content (AvgIpc) is 3.17. The van der Waals surface area contributed by atoms with Gasteiger partial charge < -0.3 is 15.0 Å². The van der Waals surface area contributed by atoms with Crippen LogP contribution in [0.2, 0.25) is 0 Å². The van der Waals surface area contributed by atoms with Gasteiger partial charge in [-0.25, -0.2) is 0 Å². The van der Waals surface area contributed by atoms with E-state index in [2.05, 4.69) is 19.2 Å². The highest BCUT2D eigenvalue weighted by molar-refractivity contribution is 5.91. The first kappa shape index (κ1) is 14.8. The van der Waals surface area contributed by atoms with E-state index in [4.69, 9.17) is 4.74 Å². The fourth-order valence-corrected chi connectivity index (χ4v) is 3.51. The third-order valence-corrected chi connectivity index (χ3v) is 4.93. The topological polar surface area (TPSA) is 58.6 Å². The maximum absolute atomic E-state index is 12.8. The quantitative estimate of drug-likeness (QED) is 0.857. The van der Waals surface area contributed by atoms with Gasteiger partial charge in [0.1, 0.15) is 6.04 Å². The molecule has 118 valence electrons. The molecule has 3 atom stereocenters. The van der Waals surface area contributed by atoms with Crippen LogP contribution in [0.4, 0.5) is 0 Å². The molecule has 2 saturated heterocycles. The summed E-state index contributed by atoms with van der Waals surface area (Å²) < 4.78 is 6.03. The van der Waals surface area contributed by atoms with Crippen molar-refractivity contribution in [1.82, 2.24) is 10.2 Å². The molecule has 3 fully saturated rings. The van der Waals surface area contributed by atoms with Gasteiger partial charge in [0.05, 0.1) is 11.7 Å². The Morgan fingerprint density at radius 3 is 2.57 bits per heavy atom. The van der Waals surface area contributed by atoms with Gasteiger partial charge in [-0.05, 0) is 52.4 Å². The van der Waals surface area contributed by atoms with Gasteiger partial charge >= 0.3 is 0 Å². The highest BCUT2D eigenvalue weighted by Gasteiger charge is 2.44. The summed E-state index contributed by atoms with van der Waals surface area (Å²) in [6, 6.07) is -0.356. The first-order chi connectivity index (χ1) is 9.85. The average molecular weight is 294 g/mol. The lowest BCUT2D eigenvalue weighted by Gasteiger charge is -2.31. The monoisotopic (exact) mass is 294 g/mol. The van der Waals surface area contributed by atoms with Gasteiger partial charge in [-0.1, -0.05) is 0 Å². The molecule has 0 bridgehead atoms. The van der Waals surface area contributed by atoms with E-state index in [1.165, 1.54) is 0 Å². The van der Waals surface area contributed by atoms with Crippen LogP contribution in [0.25, 0.3) is 0 Å². The van der Waals surface area contributed by atoms with Crippen LogP contribution in [0.1, 0.15) is 52.9 Å². The predicted molar refractivity (Wildman–Crippen MR) is 78.6 cm³/mol. The molecule has 5 nitrogen and oxygen atoms in total. The van der Waals surface area contributed by atoms with Crippen molar-refractivity contribution in [2.24, 2.45) is 5.92 Å². The maximum Gasteiger partial charge on any atom is 0.245 e. The Bertz CT molecular complexity index is 445. The third kappa shape index (κ3) is 3.23. The molecule has 0 aromatic carbocycles. The number of hydrogen-bond donors (Lipinski definition) is 1. The Hall–Kier alpha value is -1.10. The summed E-state index contributed by atoms with van der Waals surface area (Å²) in [7, 11) is 0. The van der Waals surface area contributed by atoms with Crippen molar-refractivity contribution in [1.29, 1.82) is 0 Å². The van der Waals surface area contributed by atoms with Crippen LogP contribution in [-0.2, 0) is 14.3 Å². The van der Waals surface area contributed by atoms with Crippen LogP contribution in [0.15, 0.2) is 0 Å². The minimum atomic E-state index is -0.308. The molecule has 1 aliphatic carbocycles. The Morgan fingerprint density at radius 2 is 2.00 bits per heavy atom. The summed E-state index contributed by atoms with van der Waals surface area (Å²) in [5, 5.41) is 2.92. The first-order valence-electron chi connectivity index (χ1n) is 8.13. The highest BCUT2D eigenvalue weighted by Crippen LogP contribution is 2.35. The van der Waals surface area contributed by atoms with Crippen molar-refractivity contribution in [3.05, 3.63) is 0 Å². The van der Waals surface area contributed by atoms with Gasteiger partial charge in [0, 0.05) is 19.0 Å². The van der Waals surface area contributed by atoms with E-state index < -0.39 is 0 Å². The number of carbonyl (C=O) groups excluding carboxylic acids is 2. The second-order valence-corrected chi connectivity index (χ2v) is 7.46. The Kier molecular flexibility index (Phi) is 3.72. The number of amides is 2. The number of carbonyl (C=O) groups is 2. The minimum Gasteiger partial charge on any atom is -0.371 e. The zero-order chi connectivity index (χ0) is 15.2. The molecule has 2 aliphatic heterocycles. The van der Waals surface area contributed by atoms with Crippen LogP contribution < -0.4 is 5.32 Å². The SMILES string of the molecule is CC1CC(=O)NC(C2CC2)C(=O)N1CC1CCC(C)(C)O1. The number of rotatable bonds is 3. The third-order valence-electron chi connectivity index (χ3n) is 4.93. The van der Waals surface area contributed by atoms with E-state index in [9.17, 15) is 9.59 Å². The molecule has 3 aliphatic rings. The normalized spacial score (nSPS) is 36.5. The van der Waals surface area contributed by atoms with Crippen molar-refractivity contribution in [3.63, 3.8) is 0 Å². The summed E-state index contributed by atoms with van der Waals surface area (Å²) in [4.78, 5) is 26.6. The van der Waals surface area contributed by atoms with Gasteiger partial charge in [-0.3, -0.25) is 9.59 Å². The summed E-state index contributed by atoms with van der Waals surface area (Å²) in [5.41, 5.74) is -0.0905. The van der Waals surface area contributed by atoms with Gasteiger partial charge in [-0.15, -0.1) is 0 Å². The van der Waals surface area contributed by atoms with Crippen molar-refractivity contribution in [3.8, 4) is 0 Å². The molecular weight excluding hydrogens is 268 g/mol. The Balaban J connectivity index is 1.71. The number of ether oxygens (including phenoxy) is 1. The van der Waals surface area contributed by atoms with Crippen molar-refractivity contribution in [2.75, 3.05) is 6.54 Å². The Labute approximate surface area is 126 Å². The number of nitrogens with one attached hydrogen (secondary N) is 1. The van der Waals surface area contributed by atoms with Gasteiger partial charge in [-0.2, -0.15) is 0 Å². The predicted octanol–water partition coefficient (Wildman–Crippen LogP) is 1.46. The lowest BCUT2D eigenvalue weighted by molar-refractivity contribution is -0.138. The van der Waals surface area contributed by atoms with Crippen molar-refractivity contribution >= 4 is 11.8 Å². The van der Waals surface area contributed by atoms with E-state index in [0.29, 0.717) is 18.9 Å². The molecule has 5 heteroatoms. The molecule has 0 radical (unpaired) electrons. The second-order valence-electron chi connectivity index (χ2n) is 7.46. The molecule has 0 aromatic heterocycles. The van der Waals surface area contributed by atoms with Crippen LogP contribution in [-0.4, -0.2) is 47.0 Å².